The van der Waals surface area contributed by atoms with Gasteiger partial charge in [0.25, 0.3) is 0 Å². The molecule has 0 aliphatic heterocycles. The molecular weight excluding hydrogens is 254 g/mol. The van der Waals surface area contributed by atoms with Crippen molar-refractivity contribution in [3.8, 4) is 0 Å². The number of nitrogens with zero attached hydrogens (tertiary/aromatic N) is 3. The van der Waals surface area contributed by atoms with Gasteiger partial charge >= 0.3 is 0 Å². The van der Waals surface area contributed by atoms with Crippen LogP contribution in [0.25, 0.3) is 0 Å². The summed E-state index contributed by atoms with van der Waals surface area (Å²) in [6.45, 7) is 0. The van der Waals surface area contributed by atoms with Crippen LogP contribution in [-0.2, 0) is 0 Å². The summed E-state index contributed by atoms with van der Waals surface area (Å²) in [6, 6.07) is 5.89. The Labute approximate surface area is 96.9 Å². The lowest BCUT2D eigenvalue weighted by molar-refractivity contribution is 1.15. The first kappa shape index (κ1) is 10.1. The molecule has 2 rings (SSSR count). The number of hydrogen-bond acceptors (Lipinski definition) is 3. The maximum Gasteiger partial charge on any atom is 0.0595 e. The van der Waals surface area contributed by atoms with Gasteiger partial charge in [0.15, 0.2) is 0 Å². The molecule has 76 valence electrons. The zero-order valence-corrected chi connectivity index (χ0v) is 9.85. The summed E-state index contributed by atoms with van der Waals surface area (Å²) in [5.41, 5.74) is 2.11. The van der Waals surface area contributed by atoms with Gasteiger partial charge in [-0.2, -0.15) is 0 Å². The molecule has 2 aromatic rings. The van der Waals surface area contributed by atoms with E-state index in [-0.39, 0.29) is 0 Å². The second-order valence-electron chi connectivity index (χ2n) is 3.10. The minimum atomic E-state index is 0.969. The minimum absolute atomic E-state index is 0.969. The van der Waals surface area contributed by atoms with Crippen molar-refractivity contribution in [2.75, 3.05) is 11.9 Å². The number of anilines is 2. The largest absolute Gasteiger partial charge is 0.342 e. The summed E-state index contributed by atoms with van der Waals surface area (Å²) in [6.07, 6.45) is 7.14. The van der Waals surface area contributed by atoms with Gasteiger partial charge in [-0.15, -0.1) is 0 Å². The molecule has 4 heteroatoms. The van der Waals surface area contributed by atoms with E-state index in [1.807, 2.05) is 31.4 Å². The van der Waals surface area contributed by atoms with Gasteiger partial charge in [-0.25, -0.2) is 0 Å². The zero-order chi connectivity index (χ0) is 10.7. The Hall–Kier alpha value is -1.42. The Morgan fingerprint density at radius 1 is 1.13 bits per heavy atom. The topological polar surface area (TPSA) is 29.0 Å². The lowest BCUT2D eigenvalue weighted by atomic mass is 10.3. The Bertz CT molecular complexity index is 445. The van der Waals surface area contributed by atoms with Gasteiger partial charge < -0.3 is 4.90 Å². The standard InChI is InChI=1S/C11H10BrN3/c1-15(9-3-2-5-13-7-9)11-4-6-14-8-10(11)12/h2-8H,1H3. The van der Waals surface area contributed by atoms with Crippen molar-refractivity contribution < 1.29 is 0 Å². The van der Waals surface area contributed by atoms with Crippen LogP contribution in [0.5, 0.6) is 0 Å². The Morgan fingerprint density at radius 3 is 2.60 bits per heavy atom. The predicted molar refractivity (Wildman–Crippen MR) is 64.2 cm³/mol. The molecular formula is C11H10BrN3. The molecule has 3 nitrogen and oxygen atoms in total. The van der Waals surface area contributed by atoms with Crippen molar-refractivity contribution in [2.45, 2.75) is 0 Å². The summed E-state index contributed by atoms with van der Waals surface area (Å²) in [4.78, 5) is 10.2. The Balaban J connectivity index is 2.37. The van der Waals surface area contributed by atoms with Crippen molar-refractivity contribution in [3.05, 3.63) is 47.5 Å². The second-order valence-corrected chi connectivity index (χ2v) is 3.95. The van der Waals surface area contributed by atoms with E-state index in [0.717, 1.165) is 15.8 Å². The van der Waals surface area contributed by atoms with Crippen molar-refractivity contribution >= 4 is 27.3 Å². The van der Waals surface area contributed by atoms with Gasteiger partial charge in [-0.1, -0.05) is 0 Å². The monoisotopic (exact) mass is 263 g/mol. The Kier molecular flexibility index (Phi) is 2.97. The van der Waals surface area contributed by atoms with Crippen molar-refractivity contribution in [3.63, 3.8) is 0 Å². The SMILES string of the molecule is CN(c1cccnc1)c1ccncc1Br. The van der Waals surface area contributed by atoms with E-state index in [9.17, 15) is 0 Å². The molecule has 0 aliphatic rings. The van der Waals surface area contributed by atoms with Crippen LogP contribution >= 0.6 is 15.9 Å². The molecule has 0 saturated carbocycles. The van der Waals surface area contributed by atoms with E-state index in [2.05, 4.69) is 30.8 Å². The molecule has 0 aliphatic carbocycles. The molecule has 2 aromatic heterocycles. The van der Waals surface area contributed by atoms with E-state index in [1.54, 1.807) is 18.6 Å². The van der Waals surface area contributed by atoms with Gasteiger partial charge in [0.05, 0.1) is 22.0 Å². The molecule has 2 heterocycles. The summed E-state index contributed by atoms with van der Waals surface area (Å²) in [7, 11) is 2.00. The molecule has 0 fully saturated rings. The van der Waals surface area contributed by atoms with Crippen LogP contribution in [0.1, 0.15) is 0 Å². The van der Waals surface area contributed by atoms with Crippen LogP contribution in [0.4, 0.5) is 11.4 Å². The van der Waals surface area contributed by atoms with Crippen LogP contribution in [0.2, 0.25) is 0 Å². The summed E-state index contributed by atoms with van der Waals surface area (Å²) >= 11 is 3.47. The number of pyridine rings is 2. The van der Waals surface area contributed by atoms with Crippen LogP contribution in [-0.4, -0.2) is 17.0 Å². The van der Waals surface area contributed by atoms with Crippen molar-refractivity contribution in [1.82, 2.24) is 9.97 Å². The molecule has 0 bridgehead atoms. The maximum atomic E-state index is 4.09. The first-order chi connectivity index (χ1) is 7.29. The summed E-state index contributed by atoms with van der Waals surface area (Å²) < 4.78 is 0.969. The summed E-state index contributed by atoms with van der Waals surface area (Å²) in [5.74, 6) is 0. The highest BCUT2D eigenvalue weighted by Crippen LogP contribution is 2.28. The van der Waals surface area contributed by atoms with Gasteiger partial charge in [-0.05, 0) is 34.1 Å². The quantitative estimate of drug-likeness (QED) is 0.834. The second kappa shape index (κ2) is 4.40. The van der Waals surface area contributed by atoms with E-state index in [0.29, 0.717) is 0 Å². The zero-order valence-electron chi connectivity index (χ0n) is 8.26. The molecule has 0 aromatic carbocycles. The number of halogens is 1. The third-order valence-corrected chi connectivity index (χ3v) is 2.76. The molecule has 0 atom stereocenters. The van der Waals surface area contributed by atoms with E-state index in [1.165, 1.54) is 0 Å². The third kappa shape index (κ3) is 2.15. The maximum absolute atomic E-state index is 4.09. The fourth-order valence-electron chi connectivity index (χ4n) is 1.33. The highest BCUT2D eigenvalue weighted by Gasteiger charge is 2.06. The van der Waals surface area contributed by atoms with Crippen LogP contribution in [0.15, 0.2) is 47.5 Å². The third-order valence-electron chi connectivity index (χ3n) is 2.15. The lowest BCUT2D eigenvalue weighted by Crippen LogP contribution is -2.10. The van der Waals surface area contributed by atoms with Gasteiger partial charge in [0.2, 0.25) is 0 Å². The van der Waals surface area contributed by atoms with Crippen molar-refractivity contribution in [2.24, 2.45) is 0 Å². The normalized spacial score (nSPS) is 10.0. The van der Waals surface area contributed by atoms with Gasteiger partial charge in [-0.3, -0.25) is 9.97 Å². The average Bonchev–Trinajstić information content (AvgIpc) is 2.30. The Morgan fingerprint density at radius 2 is 1.93 bits per heavy atom. The van der Waals surface area contributed by atoms with E-state index in [4.69, 9.17) is 0 Å². The molecule has 0 spiro atoms. The number of aromatic nitrogens is 2. The highest BCUT2D eigenvalue weighted by molar-refractivity contribution is 9.10. The van der Waals surface area contributed by atoms with Crippen LogP contribution < -0.4 is 4.90 Å². The molecule has 0 unspecified atom stereocenters. The average molecular weight is 264 g/mol. The van der Waals surface area contributed by atoms with Crippen LogP contribution in [0, 0.1) is 0 Å². The van der Waals surface area contributed by atoms with E-state index >= 15 is 0 Å². The fourth-order valence-corrected chi connectivity index (χ4v) is 1.85. The van der Waals surface area contributed by atoms with Crippen LogP contribution in [0.3, 0.4) is 0 Å². The van der Waals surface area contributed by atoms with E-state index < -0.39 is 0 Å². The predicted octanol–water partition coefficient (Wildman–Crippen LogP) is 3.01. The highest BCUT2D eigenvalue weighted by atomic mass is 79.9. The summed E-state index contributed by atoms with van der Waals surface area (Å²) in [5, 5.41) is 0. The minimum Gasteiger partial charge on any atom is -0.342 e. The lowest BCUT2D eigenvalue weighted by Gasteiger charge is -2.19. The molecule has 0 N–H and O–H groups in total. The number of rotatable bonds is 2. The van der Waals surface area contributed by atoms with Gasteiger partial charge in [0, 0.05) is 25.6 Å². The molecule has 0 amide bonds. The van der Waals surface area contributed by atoms with Gasteiger partial charge in [0.1, 0.15) is 0 Å². The molecule has 0 saturated heterocycles. The fraction of sp³-hybridized carbons (Fsp3) is 0.0909. The molecule has 0 radical (unpaired) electrons. The molecule has 15 heavy (non-hydrogen) atoms. The number of hydrogen-bond donors (Lipinski definition) is 0. The van der Waals surface area contributed by atoms with Crippen molar-refractivity contribution in [1.29, 1.82) is 0 Å². The smallest absolute Gasteiger partial charge is 0.0595 e. The first-order valence-electron chi connectivity index (χ1n) is 4.52. The first-order valence-corrected chi connectivity index (χ1v) is 5.31.